The third kappa shape index (κ3) is 1.78. The Bertz CT molecular complexity index is 502. The molecule has 2 rings (SSSR count). The minimum Gasteiger partial charge on any atom is -0.325 e. The zero-order chi connectivity index (χ0) is 11.9. The van der Waals surface area contributed by atoms with Gasteiger partial charge >= 0.3 is 5.69 Å². The molecule has 0 atom stereocenters. The summed E-state index contributed by atoms with van der Waals surface area (Å²) in [5.41, 5.74) is 6.60. The lowest BCUT2D eigenvalue weighted by molar-refractivity contribution is 0.0908. The van der Waals surface area contributed by atoms with E-state index in [0.717, 1.165) is 0 Å². The minimum absolute atomic E-state index is 0.0236. The van der Waals surface area contributed by atoms with Crippen molar-refractivity contribution in [1.82, 2.24) is 9.97 Å². The van der Waals surface area contributed by atoms with Crippen LogP contribution < -0.4 is 11.4 Å². The summed E-state index contributed by atoms with van der Waals surface area (Å²) < 4.78 is 0. The zero-order valence-corrected chi connectivity index (χ0v) is 9.46. The van der Waals surface area contributed by atoms with Crippen LogP contribution in [0, 0.1) is 5.41 Å². The van der Waals surface area contributed by atoms with Crippen molar-refractivity contribution in [2.24, 2.45) is 11.1 Å². The first-order valence-electron chi connectivity index (χ1n) is 5.28. The first-order valence-corrected chi connectivity index (χ1v) is 5.28. The van der Waals surface area contributed by atoms with Crippen molar-refractivity contribution in [3.63, 3.8) is 0 Å². The number of aromatic nitrogens is 2. The number of nitrogens with one attached hydrogen (secondary N) is 1. The van der Waals surface area contributed by atoms with Crippen LogP contribution in [0.25, 0.3) is 0 Å². The van der Waals surface area contributed by atoms with Crippen LogP contribution in [0.1, 0.15) is 42.0 Å². The number of fused-ring (bicyclic) bond motifs is 1. The molecule has 1 aromatic heterocycles. The molecule has 0 aromatic carbocycles. The fourth-order valence-electron chi connectivity index (χ4n) is 2.25. The summed E-state index contributed by atoms with van der Waals surface area (Å²) in [6.45, 7) is 4.14. The number of aromatic amines is 1. The molecule has 0 radical (unpaired) electrons. The van der Waals surface area contributed by atoms with Gasteiger partial charge in [0.1, 0.15) is 0 Å². The van der Waals surface area contributed by atoms with Gasteiger partial charge in [0.05, 0.1) is 11.3 Å². The van der Waals surface area contributed by atoms with Crippen molar-refractivity contribution < 1.29 is 4.79 Å². The Balaban J connectivity index is 2.64. The first kappa shape index (κ1) is 11.0. The van der Waals surface area contributed by atoms with E-state index >= 15 is 0 Å². The molecule has 1 heterocycles. The lowest BCUT2D eigenvalue weighted by Crippen LogP contribution is -2.33. The van der Waals surface area contributed by atoms with Crippen LogP contribution >= 0.6 is 0 Å². The van der Waals surface area contributed by atoms with Crippen molar-refractivity contribution in [2.45, 2.75) is 33.2 Å². The van der Waals surface area contributed by atoms with Gasteiger partial charge in [-0.15, -0.1) is 0 Å². The molecule has 0 saturated carbocycles. The van der Waals surface area contributed by atoms with Gasteiger partial charge in [0.25, 0.3) is 0 Å². The van der Waals surface area contributed by atoms with E-state index in [1.54, 1.807) is 0 Å². The van der Waals surface area contributed by atoms with E-state index in [-0.39, 0.29) is 17.7 Å². The van der Waals surface area contributed by atoms with Crippen LogP contribution in [0.2, 0.25) is 0 Å². The second kappa shape index (κ2) is 3.52. The van der Waals surface area contributed by atoms with E-state index < -0.39 is 5.69 Å². The quantitative estimate of drug-likeness (QED) is 0.717. The molecule has 0 unspecified atom stereocenters. The van der Waals surface area contributed by atoms with Crippen molar-refractivity contribution in [1.29, 1.82) is 0 Å². The molecule has 5 heteroatoms. The Kier molecular flexibility index (Phi) is 2.42. The molecule has 0 amide bonds. The largest absolute Gasteiger partial charge is 0.345 e. The summed E-state index contributed by atoms with van der Waals surface area (Å²) in [5.74, 6) is 0.0236. The molecule has 16 heavy (non-hydrogen) atoms. The molecule has 1 aliphatic carbocycles. The van der Waals surface area contributed by atoms with E-state index in [0.29, 0.717) is 29.8 Å². The van der Waals surface area contributed by atoms with Crippen molar-refractivity contribution in [3.05, 3.63) is 27.4 Å². The Morgan fingerprint density at radius 1 is 1.38 bits per heavy atom. The number of hydrogen-bond acceptors (Lipinski definition) is 4. The van der Waals surface area contributed by atoms with Gasteiger partial charge in [-0.3, -0.25) is 4.79 Å². The van der Waals surface area contributed by atoms with Gasteiger partial charge in [-0.1, -0.05) is 13.8 Å². The maximum Gasteiger partial charge on any atom is 0.345 e. The van der Waals surface area contributed by atoms with Gasteiger partial charge in [-0.05, 0) is 11.8 Å². The smallest absolute Gasteiger partial charge is 0.325 e. The monoisotopic (exact) mass is 221 g/mol. The Labute approximate surface area is 93.1 Å². The van der Waals surface area contributed by atoms with Gasteiger partial charge in [0, 0.05) is 18.7 Å². The minimum atomic E-state index is -0.426. The topological polar surface area (TPSA) is 88.8 Å². The second-order valence-corrected chi connectivity index (χ2v) is 4.99. The van der Waals surface area contributed by atoms with Crippen LogP contribution in [-0.2, 0) is 13.0 Å². The van der Waals surface area contributed by atoms with Crippen LogP contribution in [0.15, 0.2) is 4.79 Å². The van der Waals surface area contributed by atoms with Crippen LogP contribution in [0.3, 0.4) is 0 Å². The van der Waals surface area contributed by atoms with E-state index in [1.165, 1.54) is 0 Å². The average molecular weight is 221 g/mol. The van der Waals surface area contributed by atoms with Gasteiger partial charge in [0.2, 0.25) is 0 Å². The summed E-state index contributed by atoms with van der Waals surface area (Å²) in [6.07, 6.45) is 1.15. The van der Waals surface area contributed by atoms with Crippen molar-refractivity contribution >= 4 is 5.78 Å². The molecule has 1 aliphatic rings. The van der Waals surface area contributed by atoms with Gasteiger partial charge in [-0.2, -0.15) is 4.98 Å². The summed E-state index contributed by atoms with van der Waals surface area (Å²) >= 11 is 0. The third-order valence-corrected chi connectivity index (χ3v) is 2.85. The lowest BCUT2D eigenvalue weighted by Gasteiger charge is -2.30. The number of H-pyrrole nitrogens is 1. The summed E-state index contributed by atoms with van der Waals surface area (Å²) in [7, 11) is 0. The Morgan fingerprint density at radius 3 is 2.69 bits per heavy atom. The molecule has 86 valence electrons. The lowest BCUT2D eigenvalue weighted by atomic mass is 9.75. The highest BCUT2D eigenvalue weighted by Gasteiger charge is 2.33. The van der Waals surface area contributed by atoms with Crippen LogP contribution in [0.4, 0.5) is 0 Å². The number of ketones is 1. The average Bonchev–Trinajstić information content (AvgIpc) is 2.13. The Morgan fingerprint density at radius 2 is 2.06 bits per heavy atom. The molecule has 0 bridgehead atoms. The van der Waals surface area contributed by atoms with E-state index in [4.69, 9.17) is 5.73 Å². The van der Waals surface area contributed by atoms with E-state index in [9.17, 15) is 9.59 Å². The molecule has 0 spiro atoms. The summed E-state index contributed by atoms with van der Waals surface area (Å²) in [5, 5.41) is 0. The molecule has 1 aromatic rings. The normalized spacial score (nSPS) is 18.3. The SMILES string of the molecule is CC1(C)CC(=O)c2c(CN)nc(=O)[nH]c2C1. The fraction of sp³-hybridized carbons (Fsp3) is 0.545. The molecule has 0 saturated heterocycles. The van der Waals surface area contributed by atoms with Crippen LogP contribution in [-0.4, -0.2) is 15.8 Å². The maximum absolute atomic E-state index is 12.0. The second-order valence-electron chi connectivity index (χ2n) is 4.99. The number of hydrogen-bond donors (Lipinski definition) is 2. The van der Waals surface area contributed by atoms with E-state index in [2.05, 4.69) is 9.97 Å². The highest BCUT2D eigenvalue weighted by atomic mass is 16.1. The summed E-state index contributed by atoms with van der Waals surface area (Å²) in [4.78, 5) is 29.7. The predicted octanol–water partition coefficient (Wildman–Crippen LogP) is 0.384. The van der Waals surface area contributed by atoms with E-state index in [1.807, 2.05) is 13.8 Å². The number of Topliss-reactive ketones (excluding diaryl/α,β-unsaturated/α-hetero) is 1. The molecule has 0 fully saturated rings. The third-order valence-electron chi connectivity index (χ3n) is 2.85. The number of nitrogens with two attached hydrogens (primary N) is 1. The standard InChI is InChI=1S/C11H15N3O2/c1-11(2)3-6-9(8(15)4-11)7(5-12)14-10(16)13-6/h3-5,12H2,1-2H3,(H,13,14,16). The number of rotatable bonds is 1. The number of carbonyl (C=O) groups excluding carboxylic acids is 1. The zero-order valence-electron chi connectivity index (χ0n) is 9.46. The van der Waals surface area contributed by atoms with Crippen molar-refractivity contribution in [3.8, 4) is 0 Å². The highest BCUT2D eigenvalue weighted by Crippen LogP contribution is 2.33. The molecule has 3 N–H and O–H groups in total. The van der Waals surface area contributed by atoms with Gasteiger partial charge < -0.3 is 10.7 Å². The molecular formula is C11H15N3O2. The first-order chi connectivity index (χ1) is 7.43. The molecule has 5 nitrogen and oxygen atoms in total. The van der Waals surface area contributed by atoms with Gasteiger partial charge in [0.15, 0.2) is 5.78 Å². The van der Waals surface area contributed by atoms with Crippen LogP contribution in [0.5, 0.6) is 0 Å². The number of carbonyl (C=O) groups is 1. The maximum atomic E-state index is 12.0. The highest BCUT2D eigenvalue weighted by molar-refractivity contribution is 5.99. The Hall–Kier alpha value is -1.49. The fourth-order valence-corrected chi connectivity index (χ4v) is 2.25. The summed E-state index contributed by atoms with van der Waals surface area (Å²) in [6, 6.07) is 0. The predicted molar refractivity (Wildman–Crippen MR) is 59.2 cm³/mol. The number of nitrogens with zero attached hydrogens (tertiary/aromatic N) is 1. The molecule has 0 aliphatic heterocycles. The molecular weight excluding hydrogens is 206 g/mol. The van der Waals surface area contributed by atoms with Gasteiger partial charge in [-0.25, -0.2) is 4.79 Å². The van der Waals surface area contributed by atoms with Crippen molar-refractivity contribution in [2.75, 3.05) is 0 Å².